The molecular formula is C33H60O6Pr. The van der Waals surface area contributed by atoms with E-state index in [1.165, 1.54) is 18.2 Å². The van der Waals surface area contributed by atoms with Crippen molar-refractivity contribution in [1.29, 1.82) is 0 Å². The molecule has 7 heteroatoms. The first-order valence-corrected chi connectivity index (χ1v) is 13.5. The number of carbonyl (C=O) groups excluding carboxylic acids is 3. The Kier molecular flexibility index (Phi) is 19.1. The second-order valence-corrected chi connectivity index (χ2v) is 16.2. The van der Waals surface area contributed by atoms with Crippen LogP contribution in [0.3, 0.4) is 0 Å². The van der Waals surface area contributed by atoms with E-state index in [1.807, 2.05) is 125 Å². The van der Waals surface area contributed by atoms with Gasteiger partial charge in [0.05, 0.1) is 0 Å². The summed E-state index contributed by atoms with van der Waals surface area (Å²) in [4.78, 5) is 34.5. The summed E-state index contributed by atoms with van der Waals surface area (Å²) < 4.78 is 0. The molecule has 3 N–H and O–H groups in total. The molecule has 0 aromatic rings. The first kappa shape index (κ1) is 46.0. The summed E-state index contributed by atoms with van der Waals surface area (Å²) in [6, 6.07) is 0. The van der Waals surface area contributed by atoms with Gasteiger partial charge in [-0.25, -0.2) is 0 Å². The first-order valence-electron chi connectivity index (χ1n) is 13.5. The monoisotopic (exact) mass is 693 g/mol. The van der Waals surface area contributed by atoms with E-state index in [1.54, 1.807) is 0 Å². The summed E-state index contributed by atoms with van der Waals surface area (Å²) >= 11 is 0. The zero-order chi connectivity index (χ0) is 32.6. The zero-order valence-corrected chi connectivity index (χ0v) is 32.6. The Morgan fingerprint density at radius 1 is 0.350 bits per heavy atom. The van der Waals surface area contributed by atoms with Gasteiger partial charge >= 0.3 is 0 Å². The molecule has 0 rings (SSSR count). The number of rotatable bonds is 3. The van der Waals surface area contributed by atoms with Gasteiger partial charge in [-0.05, 0) is 0 Å². The third-order valence-electron chi connectivity index (χ3n) is 5.33. The average molecular weight is 694 g/mol. The molecule has 0 saturated heterocycles. The second kappa shape index (κ2) is 16.6. The van der Waals surface area contributed by atoms with Crippen LogP contribution in [0.25, 0.3) is 0 Å². The van der Waals surface area contributed by atoms with Gasteiger partial charge in [0.2, 0.25) is 0 Å². The van der Waals surface area contributed by atoms with E-state index >= 15 is 0 Å². The average Bonchev–Trinajstić information content (AvgIpc) is 2.64. The minimum absolute atomic E-state index is 0. The van der Waals surface area contributed by atoms with Crippen molar-refractivity contribution in [2.45, 2.75) is 125 Å². The van der Waals surface area contributed by atoms with Crippen LogP contribution in [0.4, 0.5) is 0 Å². The van der Waals surface area contributed by atoms with Crippen molar-refractivity contribution in [2.24, 2.45) is 32.5 Å². The van der Waals surface area contributed by atoms with Gasteiger partial charge in [-0.15, -0.1) is 0 Å². The Labute approximate surface area is 279 Å². The zero-order valence-electron chi connectivity index (χ0n) is 28.9. The fourth-order valence-electron chi connectivity index (χ4n) is 1.67. The van der Waals surface area contributed by atoms with Gasteiger partial charge in [0, 0.05) is 92.0 Å². The third-order valence-corrected chi connectivity index (χ3v) is 5.33. The quantitative estimate of drug-likeness (QED) is 0.201. The molecule has 0 unspecified atom stereocenters. The van der Waals surface area contributed by atoms with Crippen LogP contribution >= 0.6 is 0 Å². The second-order valence-electron chi connectivity index (χ2n) is 16.2. The normalized spacial score (nSPS) is 14.1. The first-order chi connectivity index (χ1) is 16.6. The topological polar surface area (TPSA) is 112 Å². The van der Waals surface area contributed by atoms with Crippen molar-refractivity contribution in [1.82, 2.24) is 0 Å². The van der Waals surface area contributed by atoms with Crippen LogP contribution < -0.4 is 0 Å². The molecule has 0 aliphatic carbocycles. The molecule has 6 nitrogen and oxygen atoms in total. The SMILES string of the molecule is CC(C)(C)C(=O)/C=C(/O)C(C)(C)C.CC(C)(C)C(=O)/C=C(/O)C(C)(C)C.CC(C)(C)C(=O)/C=C(/O)C(C)(C)C.[Pr]. The maximum atomic E-state index is 11.5. The summed E-state index contributed by atoms with van der Waals surface area (Å²) in [6.07, 6.45) is 4.00. The third kappa shape index (κ3) is 21.7. The van der Waals surface area contributed by atoms with Crippen molar-refractivity contribution < 1.29 is 71.0 Å². The Bertz CT molecular complexity index is 801. The summed E-state index contributed by atoms with van der Waals surface area (Å²) in [5.41, 5.74) is -2.29. The van der Waals surface area contributed by atoms with E-state index in [0.29, 0.717) is 0 Å². The van der Waals surface area contributed by atoms with E-state index in [0.717, 1.165) is 0 Å². The Hall–Kier alpha value is -1.01. The molecule has 231 valence electrons. The molecule has 0 fully saturated rings. The van der Waals surface area contributed by atoms with Crippen molar-refractivity contribution in [3.05, 3.63) is 35.5 Å². The molecule has 0 aromatic carbocycles. The largest absolute Gasteiger partial charge is 0.512 e. The van der Waals surface area contributed by atoms with E-state index in [-0.39, 0.29) is 92.2 Å². The van der Waals surface area contributed by atoms with Crippen LogP contribution in [0.5, 0.6) is 0 Å². The molecule has 40 heavy (non-hydrogen) atoms. The van der Waals surface area contributed by atoms with Crippen LogP contribution in [-0.2, 0) is 14.4 Å². The maximum Gasteiger partial charge on any atom is 0.164 e. The van der Waals surface area contributed by atoms with E-state index in [9.17, 15) is 29.7 Å². The van der Waals surface area contributed by atoms with Crippen LogP contribution in [0.2, 0.25) is 0 Å². The molecule has 0 atom stereocenters. The fraction of sp³-hybridized carbons (Fsp3) is 0.727. The summed E-state index contributed by atoms with van der Waals surface area (Å²) in [5.74, 6) is 0.312. The van der Waals surface area contributed by atoms with E-state index < -0.39 is 16.2 Å². The molecule has 0 aliphatic rings. The van der Waals surface area contributed by atoms with Crippen LogP contribution in [-0.4, -0.2) is 32.7 Å². The summed E-state index contributed by atoms with van der Waals surface area (Å²) in [6.45, 7) is 33.3. The molecule has 0 spiro atoms. The predicted molar refractivity (Wildman–Crippen MR) is 164 cm³/mol. The predicted octanol–water partition coefficient (Wildman–Crippen LogP) is 9.27. The molecule has 0 aliphatic heterocycles. The molecule has 0 heterocycles. The molecule has 0 bridgehead atoms. The summed E-state index contributed by atoms with van der Waals surface area (Å²) in [5, 5.41) is 28.7. The van der Waals surface area contributed by atoms with Gasteiger partial charge in [0.15, 0.2) is 17.3 Å². The van der Waals surface area contributed by atoms with Crippen LogP contribution in [0.1, 0.15) is 125 Å². The van der Waals surface area contributed by atoms with Gasteiger partial charge in [-0.3, -0.25) is 14.4 Å². The van der Waals surface area contributed by atoms with Crippen LogP contribution in [0.15, 0.2) is 35.5 Å². The Morgan fingerprint density at radius 2 is 0.475 bits per heavy atom. The summed E-state index contributed by atoms with van der Waals surface area (Å²) in [7, 11) is 0. The Morgan fingerprint density at radius 3 is 0.550 bits per heavy atom. The molecular weight excluding hydrogens is 633 g/mol. The minimum Gasteiger partial charge on any atom is -0.512 e. The van der Waals surface area contributed by atoms with E-state index in [2.05, 4.69) is 0 Å². The van der Waals surface area contributed by atoms with Gasteiger partial charge < -0.3 is 15.3 Å². The number of ketones is 3. The number of hydrogen-bond acceptors (Lipinski definition) is 6. The Balaban J connectivity index is -0.000000240. The van der Waals surface area contributed by atoms with Crippen molar-refractivity contribution >= 4 is 17.3 Å². The number of carbonyl (C=O) groups is 3. The number of aliphatic hydroxyl groups is 3. The van der Waals surface area contributed by atoms with E-state index in [4.69, 9.17) is 0 Å². The van der Waals surface area contributed by atoms with Gasteiger partial charge in [-0.2, -0.15) is 0 Å². The molecule has 0 saturated carbocycles. The van der Waals surface area contributed by atoms with Gasteiger partial charge in [0.25, 0.3) is 0 Å². The molecule has 0 amide bonds. The van der Waals surface area contributed by atoms with Crippen molar-refractivity contribution in [3.8, 4) is 0 Å². The number of aliphatic hydroxyl groups excluding tert-OH is 3. The maximum absolute atomic E-state index is 11.5. The van der Waals surface area contributed by atoms with Gasteiger partial charge in [-0.1, -0.05) is 125 Å². The van der Waals surface area contributed by atoms with Crippen LogP contribution in [0, 0.1) is 73.8 Å². The number of hydrogen-bond donors (Lipinski definition) is 3. The molecule has 0 aromatic heterocycles. The van der Waals surface area contributed by atoms with Gasteiger partial charge in [0.1, 0.15) is 17.3 Å². The fourth-order valence-corrected chi connectivity index (χ4v) is 1.67. The minimum atomic E-state index is -0.417. The molecule has 1 radical (unpaired) electrons. The standard InChI is InChI=1S/3C11H20O2.Pr/c3*1-10(2,3)8(12)7-9(13)11(4,5)6;/h3*7,12H,1-6H3;/b3*8-7+;. The smallest absolute Gasteiger partial charge is 0.164 e. The van der Waals surface area contributed by atoms with Crippen molar-refractivity contribution in [2.75, 3.05) is 0 Å². The van der Waals surface area contributed by atoms with Crippen molar-refractivity contribution in [3.63, 3.8) is 0 Å². The number of allylic oxidation sites excluding steroid dienone is 6.